The van der Waals surface area contributed by atoms with Gasteiger partial charge in [-0.2, -0.15) is 0 Å². The Labute approximate surface area is 152 Å². The molecule has 7 nitrogen and oxygen atoms in total. The van der Waals surface area contributed by atoms with Gasteiger partial charge in [0.15, 0.2) is 0 Å². The molecule has 140 valence electrons. The minimum Gasteiger partial charge on any atom is -0.358 e. The molecular formula is C19H25N3O4. The normalized spacial score (nSPS) is 25.4. The van der Waals surface area contributed by atoms with E-state index in [1.54, 1.807) is 12.1 Å². The van der Waals surface area contributed by atoms with E-state index >= 15 is 0 Å². The molecule has 2 unspecified atom stereocenters. The average molecular weight is 359 g/mol. The van der Waals surface area contributed by atoms with Gasteiger partial charge in [-0.05, 0) is 31.0 Å². The smallest absolute Gasteiger partial charge is 0.252 e. The van der Waals surface area contributed by atoms with E-state index in [1.807, 2.05) is 6.07 Å². The number of nitrogens with zero attached hydrogens (tertiary/aromatic N) is 2. The molecule has 2 aromatic rings. The van der Waals surface area contributed by atoms with Gasteiger partial charge < -0.3 is 4.98 Å². The highest BCUT2D eigenvalue weighted by Gasteiger charge is 2.62. The van der Waals surface area contributed by atoms with Gasteiger partial charge in [-0.3, -0.25) is 20.2 Å². The van der Waals surface area contributed by atoms with Crippen molar-refractivity contribution in [3.05, 3.63) is 55.2 Å². The molecule has 1 aromatic heterocycles. The van der Waals surface area contributed by atoms with Crippen LogP contribution in [-0.2, 0) is 16.5 Å². The number of fused-ring (bicyclic) bond motifs is 2. The van der Waals surface area contributed by atoms with Crippen LogP contribution in [0.15, 0.2) is 18.2 Å². The highest BCUT2D eigenvalue weighted by atomic mass is 16.6. The summed E-state index contributed by atoms with van der Waals surface area (Å²) in [5.74, 6) is 0. The molecule has 1 heterocycles. The van der Waals surface area contributed by atoms with Crippen LogP contribution in [-0.4, -0.2) is 14.8 Å². The van der Waals surface area contributed by atoms with Gasteiger partial charge in [0.1, 0.15) is 0 Å². The molecule has 1 aliphatic carbocycles. The maximum atomic E-state index is 11.8. The SMILES string of the molecule is CCC(C)(CC)c1cc2cc3c(cc2[nH]1)C(C)([N+](=O)[O-])CC3(C)[N+](=O)[O-]. The number of hydrogen-bond acceptors (Lipinski definition) is 4. The zero-order valence-electron chi connectivity index (χ0n) is 15.9. The largest absolute Gasteiger partial charge is 0.358 e. The highest BCUT2D eigenvalue weighted by molar-refractivity contribution is 5.83. The van der Waals surface area contributed by atoms with E-state index in [0.29, 0.717) is 11.1 Å². The third kappa shape index (κ3) is 2.26. The Morgan fingerprint density at radius 1 is 1.04 bits per heavy atom. The molecule has 0 radical (unpaired) electrons. The van der Waals surface area contributed by atoms with Crippen molar-refractivity contribution in [2.24, 2.45) is 0 Å². The molecule has 1 N–H and O–H groups in total. The second kappa shape index (κ2) is 5.53. The summed E-state index contributed by atoms with van der Waals surface area (Å²) < 4.78 is 0. The first-order valence-corrected chi connectivity index (χ1v) is 8.99. The quantitative estimate of drug-likeness (QED) is 0.621. The van der Waals surface area contributed by atoms with E-state index in [2.05, 4.69) is 25.8 Å². The Hall–Kier alpha value is -2.44. The van der Waals surface area contributed by atoms with Gasteiger partial charge in [0.05, 0.1) is 6.42 Å². The molecule has 0 fully saturated rings. The molecule has 1 aromatic carbocycles. The Morgan fingerprint density at radius 2 is 1.54 bits per heavy atom. The highest BCUT2D eigenvalue weighted by Crippen LogP contribution is 2.51. The van der Waals surface area contributed by atoms with Gasteiger partial charge in [-0.25, -0.2) is 0 Å². The van der Waals surface area contributed by atoms with E-state index in [0.717, 1.165) is 29.4 Å². The van der Waals surface area contributed by atoms with Crippen molar-refractivity contribution in [1.29, 1.82) is 0 Å². The Balaban J connectivity index is 2.29. The predicted molar refractivity (Wildman–Crippen MR) is 99.5 cm³/mol. The fourth-order valence-electron chi connectivity index (χ4n) is 4.21. The van der Waals surface area contributed by atoms with Gasteiger partial charge >= 0.3 is 0 Å². The predicted octanol–water partition coefficient (Wildman–Crippen LogP) is 4.63. The van der Waals surface area contributed by atoms with Crippen LogP contribution in [0, 0.1) is 20.2 Å². The molecule has 0 amide bonds. The monoisotopic (exact) mass is 359 g/mol. The number of rotatable bonds is 5. The summed E-state index contributed by atoms with van der Waals surface area (Å²) in [5.41, 5.74) is -0.190. The Morgan fingerprint density at radius 3 is 2.00 bits per heavy atom. The van der Waals surface area contributed by atoms with Crippen molar-refractivity contribution in [3.63, 3.8) is 0 Å². The maximum Gasteiger partial charge on any atom is 0.252 e. The first kappa shape index (κ1) is 18.4. The van der Waals surface area contributed by atoms with E-state index in [1.165, 1.54) is 13.8 Å². The lowest BCUT2D eigenvalue weighted by molar-refractivity contribution is -0.612. The molecule has 0 bridgehead atoms. The summed E-state index contributed by atoms with van der Waals surface area (Å²) in [7, 11) is 0. The topological polar surface area (TPSA) is 102 Å². The lowest BCUT2D eigenvalue weighted by atomic mass is 9.81. The Kier molecular flexibility index (Phi) is 3.90. The summed E-state index contributed by atoms with van der Waals surface area (Å²) in [6, 6.07) is 5.55. The standard InChI is InChI=1S/C19H25N3O4/c1-6-17(3,7-2)16-9-12-8-13-14(10-15(12)20-16)19(5,22(25)26)11-18(13,4)21(23)24/h8-10,20H,6-7,11H2,1-5H3. The molecule has 1 aliphatic rings. The summed E-state index contributed by atoms with van der Waals surface area (Å²) in [6.07, 6.45) is 1.76. The van der Waals surface area contributed by atoms with Gasteiger partial charge in [-0.15, -0.1) is 0 Å². The van der Waals surface area contributed by atoms with Crippen LogP contribution >= 0.6 is 0 Å². The number of nitro groups is 2. The summed E-state index contributed by atoms with van der Waals surface area (Å²) >= 11 is 0. The van der Waals surface area contributed by atoms with Crippen LogP contribution in [0.25, 0.3) is 10.9 Å². The zero-order valence-corrected chi connectivity index (χ0v) is 15.9. The molecule has 7 heteroatoms. The van der Waals surface area contributed by atoms with Crippen molar-refractivity contribution >= 4 is 10.9 Å². The van der Waals surface area contributed by atoms with Crippen LogP contribution in [0.4, 0.5) is 0 Å². The van der Waals surface area contributed by atoms with Crippen molar-refractivity contribution in [1.82, 2.24) is 4.98 Å². The number of nitrogens with one attached hydrogen (secondary N) is 1. The minimum absolute atomic E-state index is 0.0255. The average Bonchev–Trinajstić information content (AvgIpc) is 3.11. The minimum atomic E-state index is -1.46. The number of benzene rings is 1. The van der Waals surface area contributed by atoms with Crippen LogP contribution in [0.2, 0.25) is 0 Å². The molecule has 0 spiro atoms. The third-order valence-corrected chi connectivity index (χ3v) is 6.62. The van der Waals surface area contributed by atoms with E-state index in [-0.39, 0.29) is 16.8 Å². The summed E-state index contributed by atoms with van der Waals surface area (Å²) in [4.78, 5) is 26.2. The zero-order chi connectivity index (χ0) is 19.5. The van der Waals surface area contributed by atoms with Crippen LogP contribution in [0.3, 0.4) is 0 Å². The molecule has 0 saturated heterocycles. The fourth-order valence-corrected chi connectivity index (χ4v) is 4.21. The first-order chi connectivity index (χ1) is 12.0. The van der Waals surface area contributed by atoms with E-state index < -0.39 is 16.0 Å². The van der Waals surface area contributed by atoms with E-state index in [9.17, 15) is 20.2 Å². The number of aromatic nitrogens is 1. The first-order valence-electron chi connectivity index (χ1n) is 8.99. The van der Waals surface area contributed by atoms with E-state index in [4.69, 9.17) is 0 Å². The summed E-state index contributed by atoms with van der Waals surface area (Å²) in [5, 5.41) is 24.4. The van der Waals surface area contributed by atoms with Crippen LogP contribution in [0.5, 0.6) is 0 Å². The van der Waals surface area contributed by atoms with Crippen molar-refractivity contribution in [2.45, 2.75) is 70.4 Å². The molecule has 0 aliphatic heterocycles. The second-order valence-corrected chi connectivity index (χ2v) is 8.17. The lowest BCUT2D eigenvalue weighted by Crippen LogP contribution is -2.35. The van der Waals surface area contributed by atoms with Crippen molar-refractivity contribution in [3.8, 4) is 0 Å². The lowest BCUT2D eigenvalue weighted by Gasteiger charge is -2.25. The molecule has 26 heavy (non-hydrogen) atoms. The maximum absolute atomic E-state index is 11.8. The van der Waals surface area contributed by atoms with Crippen molar-refractivity contribution in [2.75, 3.05) is 0 Å². The van der Waals surface area contributed by atoms with Gasteiger partial charge in [0.2, 0.25) is 0 Å². The molecule has 0 saturated carbocycles. The number of hydrogen-bond donors (Lipinski definition) is 1. The molecule has 2 atom stereocenters. The van der Waals surface area contributed by atoms with Crippen LogP contribution < -0.4 is 0 Å². The van der Waals surface area contributed by atoms with Gasteiger partial charge in [-0.1, -0.05) is 20.8 Å². The Bertz CT molecular complexity index is 852. The number of aromatic amines is 1. The van der Waals surface area contributed by atoms with Gasteiger partial charge in [0, 0.05) is 56.8 Å². The third-order valence-electron chi connectivity index (χ3n) is 6.62. The fraction of sp³-hybridized carbons (Fsp3) is 0.579. The second-order valence-electron chi connectivity index (χ2n) is 8.17. The van der Waals surface area contributed by atoms with Crippen molar-refractivity contribution < 1.29 is 9.85 Å². The molecule has 3 rings (SSSR count). The molecular weight excluding hydrogens is 334 g/mol. The number of H-pyrrole nitrogens is 1. The van der Waals surface area contributed by atoms with Crippen LogP contribution in [0.1, 0.15) is 70.7 Å². The van der Waals surface area contributed by atoms with Gasteiger partial charge in [0.25, 0.3) is 11.1 Å². The summed E-state index contributed by atoms with van der Waals surface area (Å²) in [6.45, 7) is 9.40.